The highest BCUT2D eigenvalue weighted by Gasteiger charge is 2.31. The van der Waals surface area contributed by atoms with Gasteiger partial charge in [-0.3, -0.25) is 9.47 Å². The largest absolute Gasteiger partial charge is 0.497 e. The van der Waals surface area contributed by atoms with Gasteiger partial charge in [0.1, 0.15) is 5.75 Å². The quantitative estimate of drug-likeness (QED) is 0.656. The number of benzene rings is 1. The molecule has 2 aliphatic heterocycles. The third kappa shape index (κ3) is 4.07. The van der Waals surface area contributed by atoms with Gasteiger partial charge in [-0.2, -0.15) is 0 Å². The summed E-state index contributed by atoms with van der Waals surface area (Å²) in [4.78, 5) is 7.37. The zero-order valence-electron chi connectivity index (χ0n) is 17.9. The zero-order chi connectivity index (χ0) is 20.5. The van der Waals surface area contributed by atoms with Crippen LogP contribution < -0.4 is 14.5 Å². The van der Waals surface area contributed by atoms with Gasteiger partial charge in [0.05, 0.1) is 13.8 Å². The highest BCUT2D eigenvalue weighted by atomic mass is 32.1. The molecule has 30 heavy (non-hydrogen) atoms. The third-order valence-corrected chi connectivity index (χ3v) is 6.95. The van der Waals surface area contributed by atoms with Crippen molar-refractivity contribution in [2.24, 2.45) is 0 Å². The molecule has 0 amide bonds. The monoisotopic (exact) mass is 428 g/mol. The first-order valence-electron chi connectivity index (χ1n) is 11.3. The number of rotatable bonds is 6. The summed E-state index contributed by atoms with van der Waals surface area (Å²) < 4.78 is 10.6. The lowest BCUT2D eigenvalue weighted by atomic mass is 10.1. The molecule has 0 unspecified atom stereocenters. The number of piperazine rings is 1. The third-order valence-electron chi connectivity index (χ3n) is 6.55. The van der Waals surface area contributed by atoms with Gasteiger partial charge in [-0.05, 0) is 68.6 Å². The number of methoxy groups -OCH3 is 1. The van der Waals surface area contributed by atoms with E-state index in [-0.39, 0.29) is 0 Å². The van der Waals surface area contributed by atoms with Crippen LogP contribution >= 0.6 is 12.2 Å². The molecule has 3 fully saturated rings. The van der Waals surface area contributed by atoms with E-state index >= 15 is 0 Å². The molecule has 0 spiro atoms. The number of piperidine rings is 1. The van der Waals surface area contributed by atoms with Crippen molar-refractivity contribution in [2.45, 2.75) is 44.8 Å². The molecule has 0 N–H and O–H groups in total. The minimum atomic E-state index is 0.565. The van der Waals surface area contributed by atoms with Gasteiger partial charge in [-0.1, -0.05) is 0 Å². The van der Waals surface area contributed by atoms with Crippen LogP contribution in [0.2, 0.25) is 0 Å². The molecule has 7 nitrogen and oxygen atoms in total. The summed E-state index contributed by atoms with van der Waals surface area (Å²) in [5.41, 5.74) is 1.26. The maximum absolute atomic E-state index is 5.88. The van der Waals surface area contributed by atoms with E-state index in [1.54, 1.807) is 7.11 Å². The number of hydrogen-bond acceptors (Lipinski definition) is 6. The van der Waals surface area contributed by atoms with Crippen LogP contribution in [0.1, 0.15) is 38.1 Å². The van der Waals surface area contributed by atoms with E-state index in [1.165, 1.54) is 37.8 Å². The molecule has 1 aromatic heterocycles. The highest BCUT2D eigenvalue weighted by molar-refractivity contribution is 7.71. The lowest BCUT2D eigenvalue weighted by Gasteiger charge is -2.35. The van der Waals surface area contributed by atoms with Crippen molar-refractivity contribution in [3.8, 4) is 5.75 Å². The summed E-state index contributed by atoms with van der Waals surface area (Å²) in [7, 11) is 1.71. The Hall–Kier alpha value is -2.06. The Kier molecular flexibility index (Phi) is 5.69. The minimum absolute atomic E-state index is 0.565. The van der Waals surface area contributed by atoms with Crippen LogP contribution in [-0.4, -0.2) is 65.6 Å². The van der Waals surface area contributed by atoms with E-state index in [1.807, 2.05) is 12.1 Å². The van der Waals surface area contributed by atoms with Gasteiger partial charge in [-0.15, -0.1) is 5.10 Å². The van der Waals surface area contributed by atoms with E-state index in [2.05, 4.69) is 36.1 Å². The second-order valence-corrected chi connectivity index (χ2v) is 9.04. The Morgan fingerprint density at radius 2 is 1.63 bits per heavy atom. The standard InChI is InChI=1S/C22H32N6OS/c1-29-20-9-7-18(8-10-20)25-15-13-24(14-16-25)17-27-22(30)28(19-5-6-19)21(23-27)26-11-3-2-4-12-26/h7-10,19H,2-6,11-17H2,1H3. The molecule has 5 rings (SSSR count). The molecule has 162 valence electrons. The minimum Gasteiger partial charge on any atom is -0.497 e. The number of aromatic nitrogens is 3. The van der Waals surface area contributed by atoms with Crippen LogP contribution in [0.3, 0.4) is 0 Å². The summed E-state index contributed by atoms with van der Waals surface area (Å²) in [6, 6.07) is 8.93. The van der Waals surface area contributed by atoms with Gasteiger partial charge in [0.15, 0.2) is 0 Å². The fourth-order valence-electron chi connectivity index (χ4n) is 4.59. The molecule has 0 bridgehead atoms. The lowest BCUT2D eigenvalue weighted by Crippen LogP contribution is -2.47. The van der Waals surface area contributed by atoms with E-state index in [9.17, 15) is 0 Å². The molecule has 0 radical (unpaired) electrons. The molecule has 1 aromatic carbocycles. The Morgan fingerprint density at radius 3 is 2.27 bits per heavy atom. The first kappa shape index (κ1) is 19.9. The maximum Gasteiger partial charge on any atom is 0.226 e. The number of hydrogen-bond donors (Lipinski definition) is 0. The number of anilines is 2. The smallest absolute Gasteiger partial charge is 0.226 e. The van der Waals surface area contributed by atoms with Crippen LogP contribution in [0, 0.1) is 4.77 Å². The van der Waals surface area contributed by atoms with Crippen LogP contribution in [0.25, 0.3) is 0 Å². The van der Waals surface area contributed by atoms with Crippen molar-refractivity contribution >= 4 is 23.9 Å². The van der Waals surface area contributed by atoms with Crippen molar-refractivity contribution in [2.75, 3.05) is 56.2 Å². The van der Waals surface area contributed by atoms with Crippen molar-refractivity contribution in [1.29, 1.82) is 0 Å². The van der Waals surface area contributed by atoms with E-state index in [4.69, 9.17) is 22.1 Å². The van der Waals surface area contributed by atoms with Gasteiger partial charge in [0.25, 0.3) is 0 Å². The van der Waals surface area contributed by atoms with Crippen LogP contribution in [0.5, 0.6) is 5.75 Å². The van der Waals surface area contributed by atoms with Gasteiger partial charge < -0.3 is 14.5 Å². The molecule has 0 atom stereocenters. The number of ether oxygens (including phenoxy) is 1. The Labute approximate surface area is 183 Å². The second kappa shape index (κ2) is 8.59. The first-order valence-corrected chi connectivity index (χ1v) is 11.7. The van der Waals surface area contributed by atoms with Crippen LogP contribution in [0.15, 0.2) is 24.3 Å². The first-order chi connectivity index (χ1) is 14.7. The van der Waals surface area contributed by atoms with E-state index in [0.717, 1.165) is 62.4 Å². The fraction of sp³-hybridized carbons (Fsp3) is 0.636. The predicted molar refractivity (Wildman–Crippen MR) is 122 cm³/mol. The van der Waals surface area contributed by atoms with Gasteiger partial charge in [0.2, 0.25) is 10.7 Å². The van der Waals surface area contributed by atoms with Crippen molar-refractivity contribution in [1.82, 2.24) is 19.2 Å². The Balaban J connectivity index is 1.25. The van der Waals surface area contributed by atoms with Gasteiger partial charge in [-0.25, -0.2) is 4.68 Å². The van der Waals surface area contributed by atoms with Gasteiger partial charge >= 0.3 is 0 Å². The van der Waals surface area contributed by atoms with E-state index in [0.29, 0.717) is 6.04 Å². The maximum atomic E-state index is 5.88. The topological polar surface area (TPSA) is 41.7 Å². The molecule has 1 saturated carbocycles. The fourth-order valence-corrected chi connectivity index (χ4v) is 4.92. The second-order valence-electron chi connectivity index (χ2n) is 8.68. The molecular formula is C22H32N6OS. The molecule has 3 heterocycles. The molecule has 2 aromatic rings. The van der Waals surface area contributed by atoms with Gasteiger partial charge in [0, 0.05) is 51.0 Å². The Morgan fingerprint density at radius 1 is 0.933 bits per heavy atom. The van der Waals surface area contributed by atoms with Crippen molar-refractivity contribution in [3.05, 3.63) is 29.0 Å². The SMILES string of the molecule is COc1ccc(N2CCN(Cn3nc(N4CCCCC4)n(C4CC4)c3=S)CC2)cc1. The number of nitrogens with zero attached hydrogens (tertiary/aromatic N) is 6. The molecular weight excluding hydrogens is 396 g/mol. The predicted octanol–water partition coefficient (Wildman–Crippen LogP) is 3.53. The summed E-state index contributed by atoms with van der Waals surface area (Å²) >= 11 is 5.88. The van der Waals surface area contributed by atoms with Crippen LogP contribution in [0.4, 0.5) is 11.6 Å². The summed E-state index contributed by atoms with van der Waals surface area (Å²) in [5.74, 6) is 2.02. The normalized spacial score (nSPS) is 20.6. The lowest BCUT2D eigenvalue weighted by molar-refractivity contribution is 0.194. The van der Waals surface area contributed by atoms with Crippen molar-refractivity contribution < 1.29 is 4.74 Å². The summed E-state index contributed by atoms with van der Waals surface area (Å²) in [6.45, 7) is 7.07. The average Bonchev–Trinajstić information content (AvgIpc) is 3.59. The summed E-state index contributed by atoms with van der Waals surface area (Å²) in [6.07, 6.45) is 6.33. The molecule has 8 heteroatoms. The molecule has 2 saturated heterocycles. The van der Waals surface area contributed by atoms with Crippen LogP contribution in [-0.2, 0) is 6.67 Å². The van der Waals surface area contributed by atoms with Crippen molar-refractivity contribution in [3.63, 3.8) is 0 Å². The zero-order valence-corrected chi connectivity index (χ0v) is 18.7. The average molecular weight is 429 g/mol. The molecule has 3 aliphatic rings. The summed E-state index contributed by atoms with van der Waals surface area (Å²) in [5, 5.41) is 5.02. The highest BCUT2D eigenvalue weighted by Crippen LogP contribution is 2.38. The van der Waals surface area contributed by atoms with E-state index < -0.39 is 0 Å². The molecule has 1 aliphatic carbocycles. The Bertz CT molecular complexity index is 905.